The predicted octanol–water partition coefficient (Wildman–Crippen LogP) is 6.76. The van der Waals surface area contributed by atoms with Gasteiger partial charge in [-0.05, 0) is 65.7 Å². The Kier molecular flexibility index (Phi) is 5.97. The molecule has 5 rings (SSSR count). The Bertz CT molecular complexity index is 1430. The molecule has 0 atom stereocenters. The molecular weight excluding hydrogens is 493 g/mol. The van der Waals surface area contributed by atoms with Gasteiger partial charge in [-0.2, -0.15) is 0 Å². The van der Waals surface area contributed by atoms with E-state index in [1.54, 1.807) is 60.8 Å². The third-order valence-corrected chi connectivity index (χ3v) is 5.93. The van der Waals surface area contributed by atoms with Gasteiger partial charge in [0, 0.05) is 22.3 Å². The highest BCUT2D eigenvalue weighted by Gasteiger charge is 2.35. The van der Waals surface area contributed by atoms with Crippen molar-refractivity contribution in [2.24, 2.45) is 0 Å². The number of ether oxygens (including phenoxy) is 1. The maximum absolute atomic E-state index is 12.8. The maximum atomic E-state index is 12.8. The zero-order valence-corrected chi connectivity index (χ0v) is 19.2. The number of nitrogens with zero attached hydrogens (tertiary/aromatic N) is 2. The highest BCUT2D eigenvalue weighted by molar-refractivity contribution is 6.30. The van der Waals surface area contributed by atoms with Crippen LogP contribution in [0, 0.1) is 0 Å². The topological polar surface area (TPSA) is 59.5 Å². The summed E-state index contributed by atoms with van der Waals surface area (Å²) in [7, 11) is 0. The lowest BCUT2D eigenvalue weighted by Crippen LogP contribution is -2.29. The van der Waals surface area contributed by atoms with Gasteiger partial charge in [0.2, 0.25) is 0 Å². The van der Waals surface area contributed by atoms with E-state index in [2.05, 4.69) is 9.72 Å². The van der Waals surface area contributed by atoms with E-state index in [1.807, 2.05) is 0 Å². The number of hydrogen-bond acceptors (Lipinski definition) is 4. The van der Waals surface area contributed by atoms with E-state index in [-0.39, 0.29) is 24.1 Å². The largest absolute Gasteiger partial charge is 0.573 e. The van der Waals surface area contributed by atoms with Crippen molar-refractivity contribution < 1.29 is 27.5 Å². The molecule has 0 saturated heterocycles. The Hall–Kier alpha value is -4.17. The fraction of sp³-hybridized carbons (Fsp3) is 0.0741. The molecule has 4 aromatic rings. The molecule has 1 aromatic heterocycles. The molecule has 0 fully saturated rings. The molecule has 36 heavy (non-hydrogen) atoms. The summed E-state index contributed by atoms with van der Waals surface area (Å²) in [5, 5.41) is 0.532. The Morgan fingerprint density at radius 3 is 1.97 bits per heavy atom. The normalized spacial score (nSPS) is 13.2. The van der Waals surface area contributed by atoms with Crippen LogP contribution in [0.5, 0.6) is 5.75 Å². The molecule has 0 bridgehead atoms. The standard InChI is InChI=1S/C27H16ClF3N2O3/c28-19-9-5-17(6-10-19)23-13-16(15-33-25(34)21-3-1-2-4-22(21)26(33)35)14-32-24(23)18-7-11-20(12-8-18)36-27(29,30)31/h1-14H,15H2. The van der Waals surface area contributed by atoms with E-state index in [4.69, 9.17) is 11.6 Å². The molecule has 180 valence electrons. The van der Waals surface area contributed by atoms with Crippen molar-refractivity contribution in [3.63, 3.8) is 0 Å². The van der Waals surface area contributed by atoms with Gasteiger partial charge in [0.05, 0.1) is 23.4 Å². The van der Waals surface area contributed by atoms with Crippen LogP contribution in [-0.4, -0.2) is 28.1 Å². The Morgan fingerprint density at radius 2 is 1.39 bits per heavy atom. The van der Waals surface area contributed by atoms with Gasteiger partial charge in [-0.1, -0.05) is 35.9 Å². The van der Waals surface area contributed by atoms with Crippen molar-refractivity contribution >= 4 is 23.4 Å². The summed E-state index contributed by atoms with van der Waals surface area (Å²) in [6, 6.07) is 20.8. The van der Waals surface area contributed by atoms with E-state index < -0.39 is 6.36 Å². The highest BCUT2D eigenvalue weighted by Crippen LogP contribution is 2.34. The van der Waals surface area contributed by atoms with Crippen molar-refractivity contribution in [3.8, 4) is 28.1 Å². The zero-order valence-electron chi connectivity index (χ0n) is 18.4. The molecule has 2 amide bonds. The first kappa shape index (κ1) is 23.6. The molecule has 9 heteroatoms. The number of hydrogen-bond donors (Lipinski definition) is 0. The second kappa shape index (κ2) is 9.13. The molecule has 5 nitrogen and oxygen atoms in total. The second-order valence-corrected chi connectivity index (χ2v) is 8.50. The van der Waals surface area contributed by atoms with Crippen molar-refractivity contribution in [1.29, 1.82) is 0 Å². The molecule has 1 aliphatic heterocycles. The van der Waals surface area contributed by atoms with Gasteiger partial charge in [0.1, 0.15) is 5.75 Å². The lowest BCUT2D eigenvalue weighted by molar-refractivity contribution is -0.274. The molecule has 3 aromatic carbocycles. The van der Waals surface area contributed by atoms with Crippen molar-refractivity contribution in [2.75, 3.05) is 0 Å². The van der Waals surface area contributed by atoms with Crippen LogP contribution in [-0.2, 0) is 6.54 Å². The minimum Gasteiger partial charge on any atom is -0.406 e. The van der Waals surface area contributed by atoms with E-state index in [0.717, 1.165) is 10.5 Å². The van der Waals surface area contributed by atoms with Crippen molar-refractivity contribution in [3.05, 3.63) is 107 Å². The Morgan fingerprint density at radius 1 is 0.806 bits per heavy atom. The summed E-state index contributed by atoms with van der Waals surface area (Å²) in [4.78, 5) is 31.3. The number of imide groups is 1. The number of alkyl halides is 3. The number of benzene rings is 3. The first-order valence-electron chi connectivity index (χ1n) is 10.8. The van der Waals surface area contributed by atoms with Crippen LogP contribution in [0.25, 0.3) is 22.4 Å². The molecule has 0 aliphatic carbocycles. The Balaban J connectivity index is 1.51. The van der Waals surface area contributed by atoms with Gasteiger partial charge in [-0.3, -0.25) is 19.5 Å². The number of carbonyl (C=O) groups excluding carboxylic acids is 2. The van der Waals surface area contributed by atoms with Gasteiger partial charge in [-0.25, -0.2) is 0 Å². The highest BCUT2D eigenvalue weighted by atomic mass is 35.5. The van der Waals surface area contributed by atoms with Crippen molar-refractivity contribution in [1.82, 2.24) is 9.88 Å². The zero-order chi connectivity index (χ0) is 25.4. The first-order valence-corrected chi connectivity index (χ1v) is 11.1. The summed E-state index contributed by atoms with van der Waals surface area (Å²) in [5.74, 6) is -1.11. The smallest absolute Gasteiger partial charge is 0.406 e. The van der Waals surface area contributed by atoms with Gasteiger partial charge in [0.15, 0.2) is 0 Å². The molecule has 2 heterocycles. The number of pyridine rings is 1. The quantitative estimate of drug-likeness (QED) is 0.279. The Labute approximate surface area is 208 Å². The second-order valence-electron chi connectivity index (χ2n) is 8.06. The van der Waals surface area contributed by atoms with Gasteiger partial charge in [0.25, 0.3) is 11.8 Å². The number of aromatic nitrogens is 1. The molecule has 0 spiro atoms. The fourth-order valence-electron chi connectivity index (χ4n) is 4.05. The number of carbonyl (C=O) groups is 2. The van der Waals surface area contributed by atoms with Crippen LogP contribution < -0.4 is 4.74 Å². The number of rotatable bonds is 5. The predicted molar refractivity (Wildman–Crippen MR) is 127 cm³/mol. The van der Waals surface area contributed by atoms with Crippen molar-refractivity contribution in [2.45, 2.75) is 12.9 Å². The molecule has 0 radical (unpaired) electrons. The van der Waals surface area contributed by atoms with Gasteiger partial charge >= 0.3 is 6.36 Å². The van der Waals surface area contributed by atoms with E-state index in [9.17, 15) is 22.8 Å². The summed E-state index contributed by atoms with van der Waals surface area (Å²) >= 11 is 6.04. The van der Waals surface area contributed by atoms with Crippen LogP contribution in [0.1, 0.15) is 26.3 Å². The average Bonchev–Trinajstić information content (AvgIpc) is 3.09. The van der Waals surface area contributed by atoms with Gasteiger partial charge in [-0.15, -0.1) is 13.2 Å². The number of fused-ring (bicyclic) bond motifs is 1. The molecule has 0 unspecified atom stereocenters. The maximum Gasteiger partial charge on any atom is 0.573 e. The summed E-state index contributed by atoms with van der Waals surface area (Å²) in [5.41, 5.74) is 3.78. The molecule has 1 aliphatic rings. The van der Waals surface area contributed by atoms with E-state index in [1.165, 1.54) is 24.3 Å². The van der Waals surface area contributed by atoms with Crippen LogP contribution in [0.2, 0.25) is 5.02 Å². The van der Waals surface area contributed by atoms with Crippen LogP contribution in [0.4, 0.5) is 13.2 Å². The molecule has 0 saturated carbocycles. The lowest BCUT2D eigenvalue weighted by Gasteiger charge is -2.17. The van der Waals surface area contributed by atoms with Crippen LogP contribution >= 0.6 is 11.6 Å². The fourth-order valence-corrected chi connectivity index (χ4v) is 4.18. The van der Waals surface area contributed by atoms with E-state index >= 15 is 0 Å². The SMILES string of the molecule is O=C1c2ccccc2C(=O)N1Cc1cnc(-c2ccc(OC(F)(F)F)cc2)c(-c2ccc(Cl)cc2)c1. The summed E-state index contributed by atoms with van der Waals surface area (Å²) in [6.45, 7) is 0.0125. The number of amides is 2. The average molecular weight is 509 g/mol. The van der Waals surface area contributed by atoms with Crippen LogP contribution in [0.15, 0.2) is 85.1 Å². The van der Waals surface area contributed by atoms with E-state index in [0.29, 0.717) is 38.5 Å². The lowest BCUT2D eigenvalue weighted by atomic mass is 9.97. The summed E-state index contributed by atoms with van der Waals surface area (Å²) in [6.07, 6.45) is -3.25. The summed E-state index contributed by atoms with van der Waals surface area (Å²) < 4.78 is 41.6. The van der Waals surface area contributed by atoms with Gasteiger partial charge < -0.3 is 4.74 Å². The third-order valence-electron chi connectivity index (χ3n) is 5.68. The first-order chi connectivity index (χ1) is 17.2. The molecular formula is C27H16ClF3N2O3. The molecule has 0 N–H and O–H groups in total. The monoisotopic (exact) mass is 508 g/mol. The number of halogens is 4. The van der Waals surface area contributed by atoms with Crippen LogP contribution in [0.3, 0.4) is 0 Å². The third kappa shape index (κ3) is 4.67. The minimum atomic E-state index is -4.79. The minimum absolute atomic E-state index is 0.0125.